The largest absolute Gasteiger partial charge is 0.369 e. The molecule has 0 atom stereocenters. The highest BCUT2D eigenvalue weighted by Crippen LogP contribution is 2.28. The van der Waals surface area contributed by atoms with E-state index in [4.69, 9.17) is 33.5 Å². The van der Waals surface area contributed by atoms with Crippen molar-refractivity contribution >= 4 is 34.8 Å². The third kappa shape index (κ3) is 4.31. The third-order valence-corrected chi connectivity index (χ3v) is 5.54. The summed E-state index contributed by atoms with van der Waals surface area (Å²) in [5.41, 5.74) is 6.38. The molecular formula is C19H18Cl2N6O3. The Morgan fingerprint density at radius 3 is 2.63 bits per heavy atom. The van der Waals surface area contributed by atoms with Gasteiger partial charge in [0.25, 0.3) is 5.56 Å². The van der Waals surface area contributed by atoms with E-state index in [9.17, 15) is 9.59 Å². The molecule has 11 heteroatoms. The molecule has 3 heterocycles. The number of carbonyl (C=O) groups is 1. The molecule has 1 aromatic carbocycles. The smallest absolute Gasteiger partial charge is 0.288 e. The van der Waals surface area contributed by atoms with Gasteiger partial charge in [0.2, 0.25) is 11.8 Å². The predicted molar refractivity (Wildman–Crippen MR) is 111 cm³/mol. The van der Waals surface area contributed by atoms with Crippen molar-refractivity contribution in [1.29, 1.82) is 0 Å². The molecule has 3 aromatic rings. The first-order valence-corrected chi connectivity index (χ1v) is 10.0. The molecular weight excluding hydrogens is 431 g/mol. The molecule has 1 saturated heterocycles. The summed E-state index contributed by atoms with van der Waals surface area (Å²) < 4.78 is 6.40. The number of amides is 1. The summed E-state index contributed by atoms with van der Waals surface area (Å²) in [6.45, 7) is 0.846. The fourth-order valence-corrected chi connectivity index (χ4v) is 3.53. The van der Waals surface area contributed by atoms with Crippen molar-refractivity contribution in [2.75, 3.05) is 18.0 Å². The van der Waals surface area contributed by atoms with Crippen molar-refractivity contribution in [3.05, 3.63) is 68.1 Å². The van der Waals surface area contributed by atoms with Crippen LogP contribution < -0.4 is 16.2 Å². The number of rotatable bonds is 7. The van der Waals surface area contributed by atoms with Gasteiger partial charge in [-0.05, 0) is 24.1 Å². The Labute approximate surface area is 181 Å². The minimum Gasteiger partial charge on any atom is -0.369 e. The van der Waals surface area contributed by atoms with Gasteiger partial charge in [0.1, 0.15) is 11.6 Å². The number of nitrogens with zero attached hydrogens (tertiary/aromatic N) is 5. The van der Waals surface area contributed by atoms with E-state index < -0.39 is 5.56 Å². The topological polar surface area (TPSA) is 120 Å². The fourth-order valence-electron chi connectivity index (χ4n) is 3.14. The lowest BCUT2D eigenvalue weighted by Gasteiger charge is -2.39. The lowest BCUT2D eigenvalue weighted by molar-refractivity contribution is -0.122. The van der Waals surface area contributed by atoms with Gasteiger partial charge in [0.05, 0.1) is 17.8 Å². The molecule has 0 aliphatic carbocycles. The van der Waals surface area contributed by atoms with Crippen LogP contribution in [-0.4, -0.2) is 38.9 Å². The molecule has 0 unspecified atom stereocenters. The number of benzene rings is 1. The first-order valence-electron chi connectivity index (χ1n) is 9.26. The van der Waals surface area contributed by atoms with E-state index in [2.05, 4.69) is 15.2 Å². The molecule has 0 bridgehead atoms. The van der Waals surface area contributed by atoms with E-state index in [-0.39, 0.29) is 29.3 Å². The number of anilines is 1. The monoisotopic (exact) mass is 448 g/mol. The number of aromatic nitrogens is 4. The molecule has 1 aliphatic heterocycles. The molecule has 4 rings (SSSR count). The average Bonchev–Trinajstić information content (AvgIpc) is 3.13. The second-order valence-corrected chi connectivity index (χ2v) is 7.86. The quantitative estimate of drug-likeness (QED) is 0.583. The van der Waals surface area contributed by atoms with Crippen LogP contribution in [-0.2, 0) is 24.2 Å². The zero-order valence-corrected chi connectivity index (χ0v) is 17.3. The molecule has 0 saturated carbocycles. The van der Waals surface area contributed by atoms with Crippen LogP contribution in [0.4, 0.5) is 5.69 Å². The maximum atomic E-state index is 12.5. The first kappa shape index (κ1) is 20.4. The van der Waals surface area contributed by atoms with Crippen LogP contribution in [0.15, 0.2) is 39.8 Å². The summed E-state index contributed by atoms with van der Waals surface area (Å²) >= 11 is 12.1. The number of hydrogen-bond acceptors (Lipinski definition) is 7. The van der Waals surface area contributed by atoms with Crippen LogP contribution in [0.3, 0.4) is 0 Å². The molecule has 2 N–H and O–H groups in total. The van der Waals surface area contributed by atoms with Gasteiger partial charge in [-0.25, -0.2) is 4.68 Å². The van der Waals surface area contributed by atoms with E-state index in [1.807, 2.05) is 24.3 Å². The van der Waals surface area contributed by atoms with Gasteiger partial charge in [-0.2, -0.15) is 10.1 Å². The second kappa shape index (κ2) is 8.45. The molecule has 156 valence electrons. The zero-order chi connectivity index (χ0) is 21.3. The minimum atomic E-state index is -0.474. The van der Waals surface area contributed by atoms with Crippen molar-refractivity contribution in [3.8, 4) is 0 Å². The first-order chi connectivity index (χ1) is 14.4. The van der Waals surface area contributed by atoms with Crippen molar-refractivity contribution in [2.24, 2.45) is 11.7 Å². The van der Waals surface area contributed by atoms with Crippen molar-refractivity contribution in [2.45, 2.75) is 19.4 Å². The van der Waals surface area contributed by atoms with Gasteiger partial charge in [-0.15, -0.1) is 0 Å². The highest BCUT2D eigenvalue weighted by Gasteiger charge is 2.33. The lowest BCUT2D eigenvalue weighted by Crippen LogP contribution is -2.53. The Morgan fingerprint density at radius 2 is 1.93 bits per heavy atom. The van der Waals surface area contributed by atoms with Gasteiger partial charge in [-0.1, -0.05) is 40.5 Å². The van der Waals surface area contributed by atoms with Gasteiger partial charge in [0.15, 0.2) is 5.82 Å². The zero-order valence-electron chi connectivity index (χ0n) is 15.8. The summed E-state index contributed by atoms with van der Waals surface area (Å²) in [6, 6.07) is 7.55. The Kier molecular flexibility index (Phi) is 5.74. The van der Waals surface area contributed by atoms with E-state index in [1.165, 1.54) is 6.20 Å². The van der Waals surface area contributed by atoms with E-state index in [0.717, 1.165) is 16.7 Å². The van der Waals surface area contributed by atoms with Gasteiger partial charge in [-0.3, -0.25) is 9.59 Å². The predicted octanol–water partition coefficient (Wildman–Crippen LogP) is 1.69. The van der Waals surface area contributed by atoms with Gasteiger partial charge < -0.3 is 15.2 Å². The number of primary amides is 1. The molecule has 0 radical (unpaired) electrons. The molecule has 1 aliphatic rings. The van der Waals surface area contributed by atoms with Crippen LogP contribution in [0.5, 0.6) is 0 Å². The molecule has 30 heavy (non-hydrogen) atoms. The Bertz CT molecular complexity index is 1120. The van der Waals surface area contributed by atoms with Crippen LogP contribution in [0, 0.1) is 5.92 Å². The highest BCUT2D eigenvalue weighted by molar-refractivity contribution is 6.33. The summed E-state index contributed by atoms with van der Waals surface area (Å²) in [4.78, 5) is 29.8. The standard InChI is InChI=1S/C19H18Cl2N6O3/c20-13-4-1-11(2-5-13)3-6-15-24-16(30-25-15)10-27-19(29)17(21)14(7-23-27)26-8-12(9-26)18(22)28/h1-2,4-5,7,12H,3,6,8-10H2,(H2,22,28). The fraction of sp³-hybridized carbons (Fsp3) is 0.316. The van der Waals surface area contributed by atoms with Crippen molar-refractivity contribution in [1.82, 2.24) is 19.9 Å². The summed E-state index contributed by atoms with van der Waals surface area (Å²) in [5.74, 6) is 0.186. The molecule has 1 fully saturated rings. The number of aryl methyl sites for hydroxylation is 2. The number of hydrogen-bond donors (Lipinski definition) is 1. The van der Waals surface area contributed by atoms with E-state index in [1.54, 1.807) is 4.90 Å². The van der Waals surface area contributed by atoms with E-state index >= 15 is 0 Å². The summed E-state index contributed by atoms with van der Waals surface area (Å²) in [5, 5.41) is 8.80. The third-order valence-electron chi connectivity index (χ3n) is 4.94. The van der Waals surface area contributed by atoms with Gasteiger partial charge in [0, 0.05) is 24.5 Å². The number of halogens is 2. The van der Waals surface area contributed by atoms with Crippen molar-refractivity contribution < 1.29 is 9.32 Å². The molecule has 2 aromatic heterocycles. The summed E-state index contributed by atoms with van der Waals surface area (Å²) in [7, 11) is 0. The normalized spacial score (nSPS) is 14.0. The maximum absolute atomic E-state index is 12.5. The Morgan fingerprint density at radius 1 is 1.20 bits per heavy atom. The Hall–Kier alpha value is -2.91. The van der Waals surface area contributed by atoms with E-state index in [0.29, 0.717) is 36.0 Å². The molecule has 1 amide bonds. The van der Waals surface area contributed by atoms with Crippen LogP contribution in [0.1, 0.15) is 17.3 Å². The summed E-state index contributed by atoms with van der Waals surface area (Å²) in [6.07, 6.45) is 2.80. The lowest BCUT2D eigenvalue weighted by atomic mass is 9.99. The van der Waals surface area contributed by atoms with Gasteiger partial charge >= 0.3 is 0 Å². The van der Waals surface area contributed by atoms with Crippen LogP contribution in [0.2, 0.25) is 10.0 Å². The SMILES string of the molecule is NC(=O)C1CN(c2cnn(Cc3nc(CCc4ccc(Cl)cc4)no3)c(=O)c2Cl)C1. The molecule has 9 nitrogen and oxygen atoms in total. The minimum absolute atomic E-state index is 0.0106. The van der Waals surface area contributed by atoms with Crippen LogP contribution in [0.25, 0.3) is 0 Å². The molecule has 0 spiro atoms. The number of carbonyl (C=O) groups excluding carboxylic acids is 1. The number of nitrogens with two attached hydrogens (primary N) is 1. The van der Waals surface area contributed by atoms with Crippen molar-refractivity contribution in [3.63, 3.8) is 0 Å². The Balaban J connectivity index is 1.40. The van der Waals surface area contributed by atoms with Crippen LogP contribution >= 0.6 is 23.2 Å². The highest BCUT2D eigenvalue weighted by atomic mass is 35.5. The second-order valence-electron chi connectivity index (χ2n) is 7.04. The maximum Gasteiger partial charge on any atom is 0.288 e. The average molecular weight is 449 g/mol.